The van der Waals surface area contributed by atoms with E-state index in [0.717, 1.165) is 5.69 Å². The molecule has 1 aromatic heterocycles. The molecule has 0 saturated heterocycles. The highest BCUT2D eigenvalue weighted by molar-refractivity contribution is 7.12. The van der Waals surface area contributed by atoms with Crippen LogP contribution in [-0.2, 0) is 4.79 Å². The van der Waals surface area contributed by atoms with E-state index >= 15 is 0 Å². The van der Waals surface area contributed by atoms with Crippen LogP contribution in [0.15, 0.2) is 71.3 Å². The average molecular weight is 463 g/mol. The van der Waals surface area contributed by atoms with Gasteiger partial charge in [-0.15, -0.1) is 11.3 Å². The molecule has 0 aliphatic carbocycles. The number of carbonyl (C=O) groups excluding carboxylic acids is 2. The van der Waals surface area contributed by atoms with Gasteiger partial charge in [-0.1, -0.05) is 18.2 Å². The van der Waals surface area contributed by atoms with Crippen molar-refractivity contribution in [1.82, 2.24) is 0 Å². The SMILES string of the molecule is CN(C)c1ccc(C2C(C(=O)c3cccs3)=C(O)C(=O)N2c2ccc3c(c2)OCCO3)cc1. The molecule has 0 bridgehead atoms. The summed E-state index contributed by atoms with van der Waals surface area (Å²) in [4.78, 5) is 30.6. The number of rotatable bonds is 5. The van der Waals surface area contributed by atoms with Gasteiger partial charge in [0.05, 0.1) is 16.5 Å². The number of ether oxygens (including phenoxy) is 2. The first kappa shape index (κ1) is 21.1. The first-order valence-corrected chi connectivity index (χ1v) is 11.4. The zero-order chi connectivity index (χ0) is 23.1. The van der Waals surface area contributed by atoms with E-state index in [2.05, 4.69) is 0 Å². The van der Waals surface area contributed by atoms with Gasteiger partial charge in [-0.25, -0.2) is 0 Å². The molecule has 3 heterocycles. The van der Waals surface area contributed by atoms with Crippen molar-refractivity contribution >= 4 is 34.4 Å². The van der Waals surface area contributed by atoms with E-state index in [1.807, 2.05) is 43.3 Å². The fourth-order valence-corrected chi connectivity index (χ4v) is 4.77. The predicted octanol–water partition coefficient (Wildman–Crippen LogP) is 4.37. The molecule has 0 spiro atoms. The first-order chi connectivity index (χ1) is 16.0. The summed E-state index contributed by atoms with van der Waals surface area (Å²) >= 11 is 1.27. The molecule has 2 aromatic carbocycles. The van der Waals surface area contributed by atoms with Crippen molar-refractivity contribution in [2.45, 2.75) is 6.04 Å². The number of thiophene rings is 1. The number of Topliss-reactive ketones (excluding diaryl/α,β-unsaturated/α-hetero) is 1. The van der Waals surface area contributed by atoms with Gasteiger partial charge in [0.15, 0.2) is 17.3 Å². The zero-order valence-corrected chi connectivity index (χ0v) is 19.0. The Labute approximate surface area is 195 Å². The lowest BCUT2D eigenvalue weighted by Crippen LogP contribution is -2.31. The maximum Gasteiger partial charge on any atom is 0.294 e. The summed E-state index contributed by atoms with van der Waals surface area (Å²) in [5.41, 5.74) is 2.27. The molecule has 168 valence electrons. The summed E-state index contributed by atoms with van der Waals surface area (Å²) < 4.78 is 11.3. The molecule has 0 saturated carbocycles. The van der Waals surface area contributed by atoms with Gasteiger partial charge in [-0.3, -0.25) is 14.5 Å². The van der Waals surface area contributed by atoms with Gasteiger partial charge in [-0.2, -0.15) is 0 Å². The Morgan fingerprint density at radius 2 is 1.79 bits per heavy atom. The monoisotopic (exact) mass is 462 g/mol. The molecule has 7 nitrogen and oxygen atoms in total. The van der Waals surface area contributed by atoms with Crippen molar-refractivity contribution in [2.24, 2.45) is 0 Å². The van der Waals surface area contributed by atoms with Crippen molar-refractivity contribution in [3.8, 4) is 11.5 Å². The molecule has 0 radical (unpaired) electrons. The van der Waals surface area contributed by atoms with Crippen molar-refractivity contribution in [2.75, 3.05) is 37.1 Å². The number of anilines is 2. The summed E-state index contributed by atoms with van der Waals surface area (Å²) in [5, 5.41) is 12.7. The minimum atomic E-state index is -0.786. The van der Waals surface area contributed by atoms with Gasteiger partial charge in [0, 0.05) is 31.5 Å². The van der Waals surface area contributed by atoms with Gasteiger partial charge in [0.1, 0.15) is 13.2 Å². The van der Waals surface area contributed by atoms with E-state index < -0.39 is 17.7 Å². The Morgan fingerprint density at radius 1 is 1.06 bits per heavy atom. The van der Waals surface area contributed by atoms with E-state index in [4.69, 9.17) is 9.47 Å². The van der Waals surface area contributed by atoms with Crippen molar-refractivity contribution in [1.29, 1.82) is 0 Å². The van der Waals surface area contributed by atoms with E-state index in [0.29, 0.717) is 40.8 Å². The summed E-state index contributed by atoms with van der Waals surface area (Å²) in [6, 6.07) is 15.4. The van der Waals surface area contributed by atoms with Gasteiger partial charge < -0.3 is 19.5 Å². The predicted molar refractivity (Wildman–Crippen MR) is 127 cm³/mol. The van der Waals surface area contributed by atoms with Crippen LogP contribution < -0.4 is 19.3 Å². The Bertz CT molecular complexity index is 1250. The molecule has 5 rings (SSSR count). The quantitative estimate of drug-likeness (QED) is 0.568. The summed E-state index contributed by atoms with van der Waals surface area (Å²) in [6.45, 7) is 0.864. The molecule has 1 unspecified atom stereocenters. The second-order valence-electron chi connectivity index (χ2n) is 7.96. The molecule has 1 amide bonds. The van der Waals surface area contributed by atoms with Gasteiger partial charge in [0.25, 0.3) is 5.91 Å². The van der Waals surface area contributed by atoms with E-state index in [-0.39, 0.29) is 11.4 Å². The third kappa shape index (κ3) is 3.62. The van der Waals surface area contributed by atoms with Crippen molar-refractivity contribution in [3.63, 3.8) is 0 Å². The summed E-state index contributed by atoms with van der Waals surface area (Å²) in [6.07, 6.45) is 0. The number of hydrogen-bond donors (Lipinski definition) is 1. The second-order valence-corrected chi connectivity index (χ2v) is 8.91. The average Bonchev–Trinajstić information content (AvgIpc) is 3.46. The number of nitrogens with zero attached hydrogens (tertiary/aromatic N) is 2. The standard InChI is InChI=1S/C25H22N2O5S/c1-26(2)16-7-5-15(6-8-16)22-21(23(28)20-4-3-13-33-20)24(29)25(30)27(22)17-9-10-18-19(14-17)32-12-11-31-18/h3-10,13-14,22,29H,11-12H2,1-2H3. The summed E-state index contributed by atoms with van der Waals surface area (Å²) in [7, 11) is 3.88. The minimum absolute atomic E-state index is 0.0648. The van der Waals surface area contributed by atoms with E-state index in [9.17, 15) is 14.7 Å². The Kier molecular flexibility index (Phi) is 5.30. The van der Waals surface area contributed by atoms with Gasteiger partial charge in [0.2, 0.25) is 5.78 Å². The number of aliphatic hydroxyl groups excluding tert-OH is 1. The number of fused-ring (bicyclic) bond motifs is 1. The minimum Gasteiger partial charge on any atom is -0.503 e. The molecule has 1 N–H and O–H groups in total. The van der Waals surface area contributed by atoms with Crippen molar-refractivity contribution in [3.05, 3.63) is 81.8 Å². The van der Waals surface area contributed by atoms with Crippen LogP contribution in [0, 0.1) is 0 Å². The molecule has 2 aliphatic rings. The number of aliphatic hydroxyl groups is 1. The molecule has 1 atom stereocenters. The third-order valence-corrected chi connectivity index (χ3v) is 6.60. The fourth-order valence-electron chi connectivity index (χ4n) is 4.10. The number of benzene rings is 2. The Morgan fingerprint density at radius 3 is 2.45 bits per heavy atom. The normalized spacial score (nSPS) is 17.5. The van der Waals surface area contributed by atoms with Crippen LogP contribution in [-0.4, -0.2) is 44.1 Å². The molecule has 3 aromatic rings. The van der Waals surface area contributed by atoms with Crippen LogP contribution in [0.4, 0.5) is 11.4 Å². The maximum absolute atomic E-state index is 13.4. The lowest BCUT2D eigenvalue weighted by atomic mass is 9.95. The highest BCUT2D eigenvalue weighted by Gasteiger charge is 2.45. The zero-order valence-electron chi connectivity index (χ0n) is 18.1. The Hall–Kier alpha value is -3.78. The van der Waals surface area contributed by atoms with Crippen LogP contribution in [0.1, 0.15) is 21.3 Å². The Balaban J connectivity index is 1.63. The molecule has 33 heavy (non-hydrogen) atoms. The molecule has 2 aliphatic heterocycles. The lowest BCUT2D eigenvalue weighted by molar-refractivity contribution is -0.117. The second kappa shape index (κ2) is 8.29. The third-order valence-electron chi connectivity index (χ3n) is 5.73. The van der Waals surface area contributed by atoms with Crippen LogP contribution >= 0.6 is 11.3 Å². The maximum atomic E-state index is 13.4. The van der Waals surface area contributed by atoms with Crippen LogP contribution in [0.2, 0.25) is 0 Å². The van der Waals surface area contributed by atoms with E-state index in [1.165, 1.54) is 16.2 Å². The topological polar surface area (TPSA) is 79.3 Å². The van der Waals surface area contributed by atoms with Gasteiger partial charge >= 0.3 is 0 Å². The highest BCUT2D eigenvalue weighted by atomic mass is 32.1. The van der Waals surface area contributed by atoms with Crippen molar-refractivity contribution < 1.29 is 24.2 Å². The summed E-state index contributed by atoms with van der Waals surface area (Å²) in [5.74, 6) is -0.419. The number of ketones is 1. The van der Waals surface area contributed by atoms with E-state index in [1.54, 1.807) is 35.7 Å². The molecule has 8 heteroatoms. The number of carbonyl (C=O) groups is 2. The van der Waals surface area contributed by atoms with Crippen LogP contribution in [0.5, 0.6) is 11.5 Å². The molecular formula is C25H22N2O5S. The van der Waals surface area contributed by atoms with Crippen LogP contribution in [0.25, 0.3) is 0 Å². The highest BCUT2D eigenvalue weighted by Crippen LogP contribution is 2.44. The van der Waals surface area contributed by atoms with Gasteiger partial charge in [-0.05, 0) is 41.3 Å². The largest absolute Gasteiger partial charge is 0.503 e. The first-order valence-electron chi connectivity index (χ1n) is 10.5. The lowest BCUT2D eigenvalue weighted by Gasteiger charge is -2.28. The smallest absolute Gasteiger partial charge is 0.294 e. The fraction of sp³-hybridized carbons (Fsp3) is 0.200. The molecule has 0 fully saturated rings. The molecular weight excluding hydrogens is 440 g/mol. The number of hydrogen-bond acceptors (Lipinski definition) is 7. The number of amides is 1. The van der Waals surface area contributed by atoms with Crippen LogP contribution in [0.3, 0.4) is 0 Å².